The fourth-order valence-electron chi connectivity index (χ4n) is 3.59. The van der Waals surface area contributed by atoms with Crippen molar-refractivity contribution in [1.29, 1.82) is 0 Å². The van der Waals surface area contributed by atoms with Gasteiger partial charge in [0.05, 0.1) is 18.8 Å². The highest BCUT2D eigenvalue weighted by Crippen LogP contribution is 2.35. The molecule has 1 aliphatic rings. The molecule has 7 heteroatoms. The average Bonchev–Trinajstić information content (AvgIpc) is 2.80. The predicted octanol–water partition coefficient (Wildman–Crippen LogP) is 4.09. The molecule has 0 radical (unpaired) electrons. The van der Waals surface area contributed by atoms with Gasteiger partial charge in [-0.05, 0) is 29.8 Å². The number of benzene rings is 3. The van der Waals surface area contributed by atoms with E-state index in [4.69, 9.17) is 9.47 Å². The van der Waals surface area contributed by atoms with E-state index in [0.29, 0.717) is 17.2 Å². The molecule has 6 nitrogen and oxygen atoms in total. The second kappa shape index (κ2) is 9.22. The number of hydrogen-bond acceptors (Lipinski definition) is 4. The van der Waals surface area contributed by atoms with Gasteiger partial charge in [0.1, 0.15) is 18.0 Å². The Bertz CT molecular complexity index is 1100. The molecular weight excluding hydrogens is 460 g/mol. The van der Waals surface area contributed by atoms with E-state index in [1.165, 1.54) is 4.90 Å². The number of nitrogens with zero attached hydrogens (tertiary/aromatic N) is 1. The van der Waals surface area contributed by atoms with E-state index >= 15 is 0 Å². The van der Waals surface area contributed by atoms with E-state index in [0.717, 1.165) is 15.6 Å². The summed E-state index contributed by atoms with van der Waals surface area (Å²) in [7, 11) is 1.60. The third-order valence-electron chi connectivity index (χ3n) is 5.05. The van der Waals surface area contributed by atoms with Crippen molar-refractivity contribution in [2.45, 2.75) is 6.04 Å². The maximum atomic E-state index is 13.1. The molecule has 0 bridgehead atoms. The van der Waals surface area contributed by atoms with E-state index in [-0.39, 0.29) is 25.0 Å². The lowest BCUT2D eigenvalue weighted by Crippen LogP contribution is -2.46. The average molecular weight is 481 g/mol. The zero-order valence-corrected chi connectivity index (χ0v) is 18.5. The smallest absolute Gasteiger partial charge is 0.265 e. The van der Waals surface area contributed by atoms with Crippen molar-refractivity contribution in [3.05, 3.63) is 88.4 Å². The Kier molecular flexibility index (Phi) is 6.23. The number of carbonyl (C=O) groups excluding carboxylic acids is 2. The molecule has 2 amide bonds. The van der Waals surface area contributed by atoms with Crippen molar-refractivity contribution >= 4 is 33.4 Å². The monoisotopic (exact) mass is 480 g/mol. The van der Waals surface area contributed by atoms with Crippen LogP contribution in [0.5, 0.6) is 11.5 Å². The van der Waals surface area contributed by atoms with Gasteiger partial charge in [-0.1, -0.05) is 64.5 Å². The molecular formula is C24H21BrN2O4. The first-order valence-corrected chi connectivity index (χ1v) is 10.6. The number of para-hydroxylation sites is 1. The zero-order valence-electron chi connectivity index (χ0n) is 16.9. The van der Waals surface area contributed by atoms with Crippen LogP contribution in [-0.4, -0.2) is 32.1 Å². The third kappa shape index (κ3) is 4.56. The van der Waals surface area contributed by atoms with E-state index in [9.17, 15) is 9.59 Å². The molecule has 0 aromatic heterocycles. The summed E-state index contributed by atoms with van der Waals surface area (Å²) < 4.78 is 11.9. The van der Waals surface area contributed by atoms with Gasteiger partial charge in [-0.25, -0.2) is 0 Å². The highest BCUT2D eigenvalue weighted by atomic mass is 79.9. The molecule has 1 heterocycles. The number of carbonyl (C=O) groups is 2. The van der Waals surface area contributed by atoms with E-state index in [2.05, 4.69) is 21.2 Å². The highest BCUT2D eigenvalue weighted by Gasteiger charge is 2.29. The fraction of sp³-hybridized carbons (Fsp3) is 0.167. The number of amides is 2. The summed E-state index contributed by atoms with van der Waals surface area (Å²) in [6.07, 6.45) is 0. The largest absolute Gasteiger partial charge is 0.496 e. The van der Waals surface area contributed by atoms with Crippen LogP contribution in [0.1, 0.15) is 17.2 Å². The summed E-state index contributed by atoms with van der Waals surface area (Å²) >= 11 is 3.40. The van der Waals surface area contributed by atoms with Crippen LogP contribution in [0.25, 0.3) is 0 Å². The Morgan fingerprint density at radius 1 is 1.13 bits per heavy atom. The molecule has 0 aliphatic carbocycles. The van der Waals surface area contributed by atoms with Crippen LogP contribution in [0.15, 0.2) is 77.3 Å². The number of halogens is 1. The van der Waals surface area contributed by atoms with Gasteiger partial charge >= 0.3 is 0 Å². The molecule has 4 rings (SSSR count). The molecule has 1 aliphatic heterocycles. The number of fused-ring (bicyclic) bond motifs is 1. The van der Waals surface area contributed by atoms with E-state index in [1.54, 1.807) is 19.2 Å². The maximum Gasteiger partial charge on any atom is 0.265 e. The molecule has 0 spiro atoms. The summed E-state index contributed by atoms with van der Waals surface area (Å²) in [4.78, 5) is 27.0. The second-order valence-electron chi connectivity index (χ2n) is 7.03. The quantitative estimate of drug-likeness (QED) is 0.576. The molecule has 0 saturated heterocycles. The Morgan fingerprint density at radius 2 is 1.87 bits per heavy atom. The van der Waals surface area contributed by atoms with Crippen LogP contribution < -0.4 is 19.7 Å². The summed E-state index contributed by atoms with van der Waals surface area (Å²) in [5.41, 5.74) is 2.32. The van der Waals surface area contributed by atoms with Crippen LogP contribution in [0, 0.1) is 0 Å². The van der Waals surface area contributed by atoms with Crippen LogP contribution in [0.2, 0.25) is 0 Å². The Hall–Kier alpha value is -3.32. The molecule has 1 N–H and O–H groups in total. The van der Waals surface area contributed by atoms with Gasteiger partial charge in [0.25, 0.3) is 5.91 Å². The lowest BCUT2D eigenvalue weighted by molar-refractivity contribution is -0.125. The molecule has 1 atom stereocenters. The van der Waals surface area contributed by atoms with Gasteiger partial charge in [-0.3, -0.25) is 14.5 Å². The molecule has 0 saturated carbocycles. The van der Waals surface area contributed by atoms with E-state index in [1.807, 2.05) is 60.7 Å². The predicted molar refractivity (Wildman–Crippen MR) is 121 cm³/mol. The number of rotatable bonds is 6. The molecule has 3 aromatic rings. The molecule has 3 aromatic carbocycles. The van der Waals surface area contributed by atoms with E-state index < -0.39 is 6.04 Å². The molecule has 0 fully saturated rings. The minimum atomic E-state index is -0.426. The fourth-order valence-corrected chi connectivity index (χ4v) is 3.93. The summed E-state index contributed by atoms with van der Waals surface area (Å²) in [6.45, 7) is -0.222. The lowest BCUT2D eigenvalue weighted by Gasteiger charge is -2.30. The standard InChI is InChI=1S/C24H21BrN2O4/c1-30-20-10-6-5-9-18(20)24(16-7-3-2-4-8-16)26-22(28)14-27-19-12-11-17(25)13-21(19)31-15-23(27)29/h2-13,24H,14-15H2,1H3,(H,26,28). The third-order valence-corrected chi connectivity index (χ3v) is 5.55. The van der Waals surface area contributed by atoms with Gasteiger partial charge in [-0.15, -0.1) is 0 Å². The number of nitrogens with one attached hydrogen (secondary N) is 1. The topological polar surface area (TPSA) is 67.9 Å². The van der Waals surface area contributed by atoms with Gasteiger partial charge in [-0.2, -0.15) is 0 Å². The van der Waals surface area contributed by atoms with Crippen molar-refractivity contribution in [1.82, 2.24) is 5.32 Å². The first kappa shape index (κ1) is 20.9. The van der Waals surface area contributed by atoms with Crippen LogP contribution in [0.3, 0.4) is 0 Å². The first-order chi connectivity index (χ1) is 15.1. The van der Waals surface area contributed by atoms with Crippen molar-refractivity contribution in [2.24, 2.45) is 0 Å². The van der Waals surface area contributed by atoms with Crippen molar-refractivity contribution < 1.29 is 19.1 Å². The molecule has 158 valence electrons. The second-order valence-corrected chi connectivity index (χ2v) is 7.95. The van der Waals surface area contributed by atoms with Gasteiger partial charge < -0.3 is 14.8 Å². The van der Waals surface area contributed by atoms with Crippen LogP contribution in [-0.2, 0) is 9.59 Å². The van der Waals surface area contributed by atoms with Crippen molar-refractivity contribution in [2.75, 3.05) is 25.2 Å². The van der Waals surface area contributed by atoms with Crippen molar-refractivity contribution in [3.8, 4) is 11.5 Å². The lowest BCUT2D eigenvalue weighted by atomic mass is 9.97. The first-order valence-electron chi connectivity index (χ1n) is 9.77. The van der Waals surface area contributed by atoms with Crippen LogP contribution >= 0.6 is 15.9 Å². The number of ether oxygens (including phenoxy) is 2. The SMILES string of the molecule is COc1ccccc1C(NC(=O)CN1C(=O)COc2cc(Br)ccc21)c1ccccc1. The summed E-state index contributed by atoms with van der Waals surface area (Å²) in [5.74, 6) is 0.683. The number of hydrogen-bond donors (Lipinski definition) is 1. The summed E-state index contributed by atoms with van der Waals surface area (Å²) in [5, 5.41) is 3.07. The van der Waals surface area contributed by atoms with Gasteiger partial charge in [0.2, 0.25) is 5.91 Å². The normalized spacial score (nSPS) is 13.7. The van der Waals surface area contributed by atoms with Gasteiger partial charge in [0, 0.05) is 10.0 Å². The minimum Gasteiger partial charge on any atom is -0.496 e. The number of anilines is 1. The Balaban J connectivity index is 1.61. The van der Waals surface area contributed by atoms with Crippen molar-refractivity contribution in [3.63, 3.8) is 0 Å². The Labute approximate surface area is 188 Å². The number of methoxy groups -OCH3 is 1. The minimum absolute atomic E-state index is 0.106. The summed E-state index contributed by atoms with van der Waals surface area (Å²) in [6, 6.07) is 22.2. The maximum absolute atomic E-state index is 13.1. The Morgan fingerprint density at radius 3 is 2.65 bits per heavy atom. The highest BCUT2D eigenvalue weighted by molar-refractivity contribution is 9.10. The molecule has 31 heavy (non-hydrogen) atoms. The van der Waals surface area contributed by atoms with Crippen LogP contribution in [0.4, 0.5) is 5.69 Å². The molecule has 1 unspecified atom stereocenters. The van der Waals surface area contributed by atoms with Gasteiger partial charge in [0.15, 0.2) is 6.61 Å². The zero-order chi connectivity index (χ0) is 21.8.